The Balaban J connectivity index is 3.75. The van der Waals surface area contributed by atoms with Crippen molar-refractivity contribution < 1.29 is 24.5 Å². The molecule has 0 amide bonds. The van der Waals surface area contributed by atoms with Gasteiger partial charge in [-0.25, -0.2) is 0 Å². The lowest BCUT2D eigenvalue weighted by Crippen LogP contribution is -2.40. The Morgan fingerprint density at radius 1 is 0.714 bits per heavy atom. The lowest BCUT2D eigenvalue weighted by atomic mass is 10.0. The Labute approximate surface area is 172 Å². The molecule has 0 aromatic carbocycles. The summed E-state index contributed by atoms with van der Waals surface area (Å²) < 4.78 is 5.12. The van der Waals surface area contributed by atoms with Crippen LogP contribution >= 0.6 is 0 Å². The molecule has 0 spiro atoms. The molecule has 0 aliphatic rings. The Bertz CT molecular complexity index is 383. The molecule has 166 valence electrons. The number of ketones is 1. The largest absolute Gasteiger partial charge is 0.457 e. The molecule has 2 unspecified atom stereocenters. The van der Waals surface area contributed by atoms with Crippen molar-refractivity contribution in [1.82, 2.24) is 0 Å². The molecule has 0 aliphatic heterocycles. The molecule has 0 aliphatic carbocycles. The first-order valence-electron chi connectivity index (χ1n) is 11.6. The molecule has 2 N–H and O–H groups in total. The molecule has 28 heavy (non-hydrogen) atoms. The quantitative estimate of drug-likeness (QED) is 0.219. The molecule has 0 bridgehead atoms. The molecule has 5 heteroatoms. The summed E-state index contributed by atoms with van der Waals surface area (Å²) in [5, 5.41) is 19.3. The second-order valence-electron chi connectivity index (χ2n) is 7.86. The highest BCUT2D eigenvalue weighted by molar-refractivity contribution is 5.83. The van der Waals surface area contributed by atoms with E-state index in [-0.39, 0.29) is 18.6 Å². The van der Waals surface area contributed by atoms with Crippen LogP contribution in [0.3, 0.4) is 0 Å². The van der Waals surface area contributed by atoms with Gasteiger partial charge < -0.3 is 14.9 Å². The minimum Gasteiger partial charge on any atom is -0.457 e. The van der Waals surface area contributed by atoms with Crippen molar-refractivity contribution in [3.8, 4) is 0 Å². The number of aliphatic hydroxyl groups is 2. The number of esters is 1. The van der Waals surface area contributed by atoms with Crippen LogP contribution in [0.5, 0.6) is 0 Å². The van der Waals surface area contributed by atoms with E-state index in [1.807, 2.05) is 6.92 Å². The Hall–Kier alpha value is -0.940. The fourth-order valence-electron chi connectivity index (χ4n) is 3.27. The van der Waals surface area contributed by atoms with Gasteiger partial charge in [0.05, 0.1) is 6.61 Å². The molecule has 0 saturated heterocycles. The van der Waals surface area contributed by atoms with Crippen molar-refractivity contribution in [3.05, 3.63) is 0 Å². The fraction of sp³-hybridized carbons (Fsp3) is 0.913. The summed E-state index contributed by atoms with van der Waals surface area (Å²) in [6, 6.07) is 0. The van der Waals surface area contributed by atoms with E-state index in [4.69, 9.17) is 4.74 Å². The summed E-state index contributed by atoms with van der Waals surface area (Å²) in [5.74, 6) is -0.814. The second-order valence-corrected chi connectivity index (χ2v) is 7.86. The summed E-state index contributed by atoms with van der Waals surface area (Å²) >= 11 is 0. The predicted molar refractivity (Wildman–Crippen MR) is 113 cm³/mol. The van der Waals surface area contributed by atoms with E-state index in [9.17, 15) is 19.8 Å². The summed E-state index contributed by atoms with van der Waals surface area (Å²) in [5.41, 5.74) is 0. The van der Waals surface area contributed by atoms with Crippen molar-refractivity contribution in [2.75, 3.05) is 6.61 Å². The van der Waals surface area contributed by atoms with E-state index in [1.54, 1.807) is 0 Å². The maximum Gasteiger partial charge on any atom is 0.306 e. The van der Waals surface area contributed by atoms with Gasteiger partial charge in [0.15, 0.2) is 18.0 Å². The average Bonchev–Trinajstić information content (AvgIpc) is 2.69. The van der Waals surface area contributed by atoms with Crippen LogP contribution < -0.4 is 0 Å². The second kappa shape index (κ2) is 19.4. The number of hydrogen-bond donors (Lipinski definition) is 2. The highest BCUT2D eigenvalue weighted by Crippen LogP contribution is 2.13. The number of hydrogen-bond acceptors (Lipinski definition) is 5. The standard InChI is InChI=1S/C23H44O5/c1-3-5-7-8-9-10-11-12-13-14-16-18-22(26)28-21(19-24)23(27)20(25)17-15-6-4-2/h21,23-24,27H,3-19H2,1-2H3. The van der Waals surface area contributed by atoms with Crippen LogP contribution in [0.25, 0.3) is 0 Å². The van der Waals surface area contributed by atoms with Crippen molar-refractivity contribution >= 4 is 11.8 Å². The SMILES string of the molecule is CCCCCCCCCCCCCC(=O)OC(CO)C(O)C(=O)CCCCC. The summed E-state index contributed by atoms with van der Waals surface area (Å²) in [4.78, 5) is 23.8. The number of Topliss-reactive ketones (excluding diaryl/α,β-unsaturated/α-hetero) is 1. The zero-order chi connectivity index (χ0) is 21.0. The number of rotatable bonds is 20. The van der Waals surface area contributed by atoms with Gasteiger partial charge in [-0.2, -0.15) is 0 Å². The molecule has 0 aromatic heterocycles. The first-order chi connectivity index (χ1) is 13.6. The van der Waals surface area contributed by atoms with E-state index >= 15 is 0 Å². The number of aliphatic hydroxyl groups excluding tert-OH is 2. The smallest absolute Gasteiger partial charge is 0.306 e. The fourth-order valence-corrected chi connectivity index (χ4v) is 3.27. The first kappa shape index (κ1) is 27.1. The van der Waals surface area contributed by atoms with Crippen LogP contribution in [0.4, 0.5) is 0 Å². The molecule has 0 saturated carbocycles. The highest BCUT2D eigenvalue weighted by atomic mass is 16.6. The van der Waals surface area contributed by atoms with E-state index in [1.165, 1.54) is 51.4 Å². The summed E-state index contributed by atoms with van der Waals surface area (Å²) in [7, 11) is 0. The minimum absolute atomic E-state index is 0.252. The van der Waals surface area contributed by atoms with Gasteiger partial charge in [-0.1, -0.05) is 90.9 Å². The predicted octanol–water partition coefficient (Wildman–Crippen LogP) is 5.10. The lowest BCUT2D eigenvalue weighted by molar-refractivity contribution is -0.161. The summed E-state index contributed by atoms with van der Waals surface area (Å²) in [6.07, 6.45) is 13.8. The molecule has 0 fully saturated rings. The van der Waals surface area contributed by atoms with Gasteiger partial charge in [-0.15, -0.1) is 0 Å². The molecule has 0 aromatic rings. The maximum absolute atomic E-state index is 11.9. The van der Waals surface area contributed by atoms with Gasteiger partial charge in [-0.3, -0.25) is 9.59 Å². The van der Waals surface area contributed by atoms with Gasteiger partial charge in [0.25, 0.3) is 0 Å². The molecule has 0 rings (SSSR count). The van der Waals surface area contributed by atoms with Crippen molar-refractivity contribution in [1.29, 1.82) is 0 Å². The monoisotopic (exact) mass is 400 g/mol. The van der Waals surface area contributed by atoms with Crippen LogP contribution in [-0.4, -0.2) is 40.8 Å². The van der Waals surface area contributed by atoms with Gasteiger partial charge >= 0.3 is 5.97 Å². The number of carbonyl (C=O) groups is 2. The third-order valence-electron chi connectivity index (χ3n) is 5.16. The number of ether oxygens (including phenoxy) is 1. The Morgan fingerprint density at radius 3 is 1.64 bits per heavy atom. The van der Waals surface area contributed by atoms with Gasteiger partial charge in [-0.05, 0) is 12.8 Å². The van der Waals surface area contributed by atoms with E-state index in [2.05, 4.69) is 6.92 Å². The third kappa shape index (κ3) is 15.0. The van der Waals surface area contributed by atoms with Crippen LogP contribution in [0.1, 0.15) is 117 Å². The van der Waals surface area contributed by atoms with Crippen LogP contribution in [0, 0.1) is 0 Å². The lowest BCUT2D eigenvalue weighted by Gasteiger charge is -2.20. The van der Waals surface area contributed by atoms with Crippen molar-refractivity contribution in [2.24, 2.45) is 0 Å². The van der Waals surface area contributed by atoms with Crippen molar-refractivity contribution in [3.63, 3.8) is 0 Å². The topological polar surface area (TPSA) is 83.8 Å². The number of unbranched alkanes of at least 4 members (excludes halogenated alkanes) is 12. The van der Waals surface area contributed by atoms with Crippen LogP contribution in [-0.2, 0) is 14.3 Å². The minimum atomic E-state index is -1.43. The van der Waals surface area contributed by atoms with Gasteiger partial charge in [0.1, 0.15) is 0 Å². The van der Waals surface area contributed by atoms with Crippen molar-refractivity contribution in [2.45, 2.75) is 129 Å². The van der Waals surface area contributed by atoms with Gasteiger partial charge in [0, 0.05) is 12.8 Å². The van der Waals surface area contributed by atoms with E-state index < -0.39 is 24.8 Å². The Morgan fingerprint density at radius 2 is 1.14 bits per heavy atom. The normalized spacial score (nSPS) is 13.3. The zero-order valence-corrected chi connectivity index (χ0v) is 18.3. The van der Waals surface area contributed by atoms with E-state index in [0.717, 1.165) is 32.1 Å². The highest BCUT2D eigenvalue weighted by Gasteiger charge is 2.28. The molecule has 5 nitrogen and oxygen atoms in total. The molecule has 0 radical (unpaired) electrons. The molecular formula is C23H44O5. The average molecular weight is 401 g/mol. The molecular weight excluding hydrogens is 356 g/mol. The zero-order valence-electron chi connectivity index (χ0n) is 18.3. The third-order valence-corrected chi connectivity index (χ3v) is 5.16. The van der Waals surface area contributed by atoms with E-state index in [0.29, 0.717) is 6.42 Å². The first-order valence-corrected chi connectivity index (χ1v) is 11.6. The van der Waals surface area contributed by atoms with Crippen LogP contribution in [0.2, 0.25) is 0 Å². The van der Waals surface area contributed by atoms with Crippen LogP contribution in [0.15, 0.2) is 0 Å². The maximum atomic E-state index is 11.9. The Kier molecular flexibility index (Phi) is 18.7. The molecule has 2 atom stereocenters. The molecule has 0 heterocycles. The van der Waals surface area contributed by atoms with Gasteiger partial charge in [0.2, 0.25) is 0 Å². The summed E-state index contributed by atoms with van der Waals surface area (Å²) in [6.45, 7) is 3.73. The number of carbonyl (C=O) groups excluding carboxylic acids is 2.